The smallest absolute Gasteiger partial charge is 0.237 e. The summed E-state index contributed by atoms with van der Waals surface area (Å²) < 4.78 is 5.57. The fourth-order valence-corrected chi connectivity index (χ4v) is 1.77. The van der Waals surface area contributed by atoms with Gasteiger partial charge < -0.3 is 9.64 Å². The zero-order valence-electron chi connectivity index (χ0n) is 11.0. The number of nitrogens with zero attached hydrogens (tertiary/aromatic N) is 1. The third-order valence-electron chi connectivity index (χ3n) is 2.70. The second kappa shape index (κ2) is 7.98. The molecule has 0 N–H and O–H groups in total. The summed E-state index contributed by atoms with van der Waals surface area (Å²) in [4.78, 5) is 12.8. The molecule has 0 spiro atoms. The Morgan fingerprint density at radius 1 is 1.33 bits per heavy atom. The molecule has 100 valence electrons. The van der Waals surface area contributed by atoms with Crippen LogP contribution in [0, 0.1) is 0 Å². The molecule has 0 radical (unpaired) electrons. The van der Waals surface area contributed by atoms with Crippen LogP contribution in [-0.4, -0.2) is 36.9 Å². The van der Waals surface area contributed by atoms with Crippen molar-refractivity contribution in [1.29, 1.82) is 0 Å². The second-order valence-corrected chi connectivity index (χ2v) is 4.46. The van der Waals surface area contributed by atoms with Gasteiger partial charge in [0.15, 0.2) is 0 Å². The lowest BCUT2D eigenvalue weighted by atomic mass is 10.1. The van der Waals surface area contributed by atoms with Crippen molar-refractivity contribution in [2.24, 2.45) is 0 Å². The Labute approximate surface area is 114 Å². The van der Waals surface area contributed by atoms with Crippen LogP contribution in [0.2, 0.25) is 0 Å². The van der Waals surface area contributed by atoms with Crippen molar-refractivity contribution >= 4 is 17.5 Å². The molecule has 1 aromatic carbocycles. The molecule has 0 aliphatic rings. The quantitative estimate of drug-likeness (QED) is 0.713. The first-order chi connectivity index (χ1) is 8.67. The first kappa shape index (κ1) is 14.8. The monoisotopic (exact) mass is 269 g/mol. The Morgan fingerprint density at radius 3 is 2.56 bits per heavy atom. The van der Waals surface area contributed by atoms with Crippen LogP contribution in [0.1, 0.15) is 18.9 Å². The van der Waals surface area contributed by atoms with Crippen LogP contribution in [0.3, 0.4) is 0 Å². The molecule has 1 rings (SSSR count). The van der Waals surface area contributed by atoms with Crippen LogP contribution in [0.25, 0.3) is 0 Å². The molecular weight excluding hydrogens is 250 g/mol. The van der Waals surface area contributed by atoms with Crippen LogP contribution in [0.15, 0.2) is 24.3 Å². The molecule has 0 atom stereocenters. The van der Waals surface area contributed by atoms with Crippen molar-refractivity contribution in [1.82, 2.24) is 4.90 Å². The molecule has 0 saturated heterocycles. The first-order valence-corrected chi connectivity index (χ1v) is 6.72. The largest absolute Gasteiger partial charge is 0.492 e. The summed E-state index contributed by atoms with van der Waals surface area (Å²) in [6.45, 7) is 3.18. The van der Waals surface area contributed by atoms with Crippen molar-refractivity contribution in [3.8, 4) is 5.75 Å². The number of ether oxygens (including phenoxy) is 1. The highest BCUT2D eigenvalue weighted by molar-refractivity contribution is 6.27. The molecule has 0 fully saturated rings. The molecule has 1 aromatic rings. The van der Waals surface area contributed by atoms with Crippen molar-refractivity contribution in [2.45, 2.75) is 19.8 Å². The van der Waals surface area contributed by atoms with Gasteiger partial charge in [0.05, 0.1) is 6.54 Å². The van der Waals surface area contributed by atoms with Crippen molar-refractivity contribution < 1.29 is 9.53 Å². The molecule has 0 heterocycles. The Morgan fingerprint density at radius 2 is 2.00 bits per heavy atom. The zero-order valence-corrected chi connectivity index (χ0v) is 11.7. The van der Waals surface area contributed by atoms with Gasteiger partial charge in [0, 0.05) is 7.05 Å². The van der Waals surface area contributed by atoms with Gasteiger partial charge in [-0.15, -0.1) is 11.6 Å². The Balaban J connectivity index is 2.33. The third-order valence-corrected chi connectivity index (χ3v) is 2.93. The average Bonchev–Trinajstić information content (AvgIpc) is 2.40. The average molecular weight is 270 g/mol. The Kier molecular flexibility index (Phi) is 6.58. The number of amides is 1. The lowest BCUT2D eigenvalue weighted by Crippen LogP contribution is -2.31. The Bertz CT molecular complexity index is 365. The highest BCUT2D eigenvalue weighted by atomic mass is 35.5. The molecule has 3 nitrogen and oxygen atoms in total. The van der Waals surface area contributed by atoms with E-state index in [0.29, 0.717) is 13.2 Å². The van der Waals surface area contributed by atoms with Crippen LogP contribution >= 0.6 is 11.6 Å². The number of hydrogen-bond donors (Lipinski definition) is 0. The number of halogens is 1. The van der Waals surface area contributed by atoms with Gasteiger partial charge in [0.25, 0.3) is 0 Å². The SMILES string of the molecule is CCCc1ccc(OCCN(C)C(=O)CCl)cc1. The van der Waals surface area contributed by atoms with Gasteiger partial charge in [0.2, 0.25) is 5.91 Å². The van der Waals surface area contributed by atoms with E-state index >= 15 is 0 Å². The summed E-state index contributed by atoms with van der Waals surface area (Å²) >= 11 is 5.46. The van der Waals surface area contributed by atoms with Gasteiger partial charge >= 0.3 is 0 Å². The fraction of sp³-hybridized carbons (Fsp3) is 0.500. The van der Waals surface area contributed by atoms with Gasteiger partial charge in [0.1, 0.15) is 18.2 Å². The summed E-state index contributed by atoms with van der Waals surface area (Å²) in [5, 5.41) is 0. The summed E-state index contributed by atoms with van der Waals surface area (Å²) in [7, 11) is 1.72. The number of carbonyl (C=O) groups is 1. The number of benzene rings is 1. The predicted molar refractivity (Wildman–Crippen MR) is 74.3 cm³/mol. The molecule has 4 heteroatoms. The van der Waals surface area contributed by atoms with E-state index in [4.69, 9.17) is 16.3 Å². The molecule has 1 amide bonds. The van der Waals surface area contributed by atoms with Gasteiger partial charge in [-0.2, -0.15) is 0 Å². The summed E-state index contributed by atoms with van der Waals surface area (Å²) in [5.41, 5.74) is 1.32. The van der Waals surface area contributed by atoms with Gasteiger partial charge in [-0.1, -0.05) is 25.5 Å². The maximum atomic E-state index is 11.2. The molecule has 18 heavy (non-hydrogen) atoms. The number of aryl methyl sites for hydroxylation is 1. The minimum atomic E-state index is -0.0847. The van der Waals surface area contributed by atoms with E-state index in [2.05, 4.69) is 19.1 Å². The van der Waals surface area contributed by atoms with Gasteiger partial charge in [-0.05, 0) is 24.1 Å². The maximum Gasteiger partial charge on any atom is 0.237 e. The zero-order chi connectivity index (χ0) is 13.4. The van der Waals surface area contributed by atoms with Crippen LogP contribution in [-0.2, 0) is 11.2 Å². The van der Waals surface area contributed by atoms with E-state index in [1.165, 1.54) is 5.56 Å². The minimum absolute atomic E-state index is 0.0161. The maximum absolute atomic E-state index is 11.2. The highest BCUT2D eigenvalue weighted by Gasteiger charge is 2.06. The number of carbonyl (C=O) groups excluding carboxylic acids is 1. The standard InChI is InChI=1S/C14H20ClNO2/c1-3-4-12-5-7-13(8-6-12)18-10-9-16(2)14(17)11-15/h5-8H,3-4,9-11H2,1-2H3. The molecule has 0 aliphatic heterocycles. The van der Waals surface area contributed by atoms with E-state index in [-0.39, 0.29) is 11.8 Å². The lowest BCUT2D eigenvalue weighted by molar-refractivity contribution is -0.127. The predicted octanol–water partition coefficient (Wildman–Crippen LogP) is 2.72. The summed E-state index contributed by atoms with van der Waals surface area (Å²) in [6.07, 6.45) is 2.23. The van der Waals surface area contributed by atoms with E-state index in [9.17, 15) is 4.79 Å². The first-order valence-electron chi connectivity index (χ1n) is 6.19. The topological polar surface area (TPSA) is 29.5 Å². The highest BCUT2D eigenvalue weighted by Crippen LogP contribution is 2.13. The number of alkyl halides is 1. The minimum Gasteiger partial charge on any atom is -0.492 e. The Hall–Kier alpha value is -1.22. The fourth-order valence-electron chi connectivity index (χ4n) is 1.57. The normalized spacial score (nSPS) is 10.2. The summed E-state index contributed by atoms with van der Waals surface area (Å²) in [5.74, 6) is 0.766. The van der Waals surface area contributed by atoms with Gasteiger partial charge in [-0.25, -0.2) is 0 Å². The lowest BCUT2D eigenvalue weighted by Gasteiger charge is -2.16. The molecule has 0 saturated carbocycles. The van der Waals surface area contributed by atoms with E-state index in [0.717, 1.165) is 18.6 Å². The van der Waals surface area contributed by atoms with E-state index in [1.807, 2.05) is 12.1 Å². The van der Waals surface area contributed by atoms with Crippen molar-refractivity contribution in [3.63, 3.8) is 0 Å². The van der Waals surface area contributed by atoms with Crippen molar-refractivity contribution in [2.75, 3.05) is 26.1 Å². The second-order valence-electron chi connectivity index (χ2n) is 4.19. The van der Waals surface area contributed by atoms with Gasteiger partial charge in [-0.3, -0.25) is 4.79 Å². The van der Waals surface area contributed by atoms with E-state index < -0.39 is 0 Å². The molecular formula is C14H20ClNO2. The molecule has 0 aromatic heterocycles. The molecule has 0 unspecified atom stereocenters. The molecule has 0 aliphatic carbocycles. The number of hydrogen-bond acceptors (Lipinski definition) is 2. The van der Waals surface area contributed by atoms with Crippen LogP contribution in [0.5, 0.6) is 5.75 Å². The van der Waals surface area contributed by atoms with Crippen LogP contribution < -0.4 is 4.74 Å². The van der Waals surface area contributed by atoms with Crippen molar-refractivity contribution in [3.05, 3.63) is 29.8 Å². The summed E-state index contributed by atoms with van der Waals surface area (Å²) in [6, 6.07) is 8.08. The van der Waals surface area contributed by atoms with E-state index in [1.54, 1.807) is 11.9 Å². The van der Waals surface area contributed by atoms with Crippen LogP contribution in [0.4, 0.5) is 0 Å². The third kappa shape index (κ3) is 4.96. The number of likely N-dealkylation sites (N-methyl/N-ethyl adjacent to an activating group) is 1. The number of rotatable bonds is 7. The molecule has 0 bridgehead atoms.